The molecule has 2 aromatic heterocycles. The fraction of sp³-hybridized carbons (Fsp3) is 0.484. The summed E-state index contributed by atoms with van der Waals surface area (Å²) in [6.07, 6.45) is -8.11. The Morgan fingerprint density at radius 3 is 1.82 bits per heavy atom. The van der Waals surface area contributed by atoms with Crippen LogP contribution in [0.5, 0.6) is 0 Å². The second-order valence-electron chi connectivity index (χ2n) is 24.9. The number of aliphatic hydroxyl groups is 2. The second kappa shape index (κ2) is 25.5. The Labute approximate surface area is 509 Å². The Balaban J connectivity index is 1.28. The third-order valence-electron chi connectivity index (χ3n) is 17.2. The van der Waals surface area contributed by atoms with Gasteiger partial charge < -0.3 is 63.2 Å². The number of alkyl carbamates (subject to hydrolysis) is 1. The number of hydrogen-bond donors (Lipinski definition) is 3. The van der Waals surface area contributed by atoms with Crippen LogP contribution in [0.3, 0.4) is 0 Å². The van der Waals surface area contributed by atoms with Gasteiger partial charge in [-0.25, -0.2) is 24.0 Å². The van der Waals surface area contributed by atoms with E-state index in [2.05, 4.69) is 5.32 Å². The van der Waals surface area contributed by atoms with Crippen molar-refractivity contribution in [2.24, 2.45) is 22.7 Å². The van der Waals surface area contributed by atoms with Gasteiger partial charge >= 0.3 is 36.3 Å². The zero-order valence-corrected chi connectivity index (χ0v) is 51.4. The molecule has 4 aromatic rings. The summed E-state index contributed by atoms with van der Waals surface area (Å²) >= 11 is 0. The van der Waals surface area contributed by atoms with Crippen LogP contribution in [0.25, 0.3) is 0 Å². The number of aromatic nitrogens is 2. The maximum absolute atomic E-state index is 16.4. The van der Waals surface area contributed by atoms with Gasteiger partial charge in [-0.05, 0) is 94.9 Å². The number of carbonyl (C=O) groups excluding carboxylic acids is 9. The molecule has 4 aliphatic rings. The summed E-state index contributed by atoms with van der Waals surface area (Å²) in [5.41, 5.74) is -8.99. The number of Topliss-reactive ketones (excluding diaryl/α,β-unsaturated/α-hetero) is 1. The van der Waals surface area contributed by atoms with Crippen molar-refractivity contribution < 1.29 is 100 Å². The Kier molecular flexibility index (Phi) is 18.9. The number of benzene rings is 2. The van der Waals surface area contributed by atoms with Gasteiger partial charge in [0.15, 0.2) is 36.7 Å². The van der Waals surface area contributed by atoms with E-state index in [0.29, 0.717) is 6.42 Å². The molecule has 24 heteroatoms. The minimum atomic E-state index is -2.59. The molecule has 2 heterocycles. The van der Waals surface area contributed by atoms with Gasteiger partial charge in [0, 0.05) is 65.0 Å². The first-order valence-corrected chi connectivity index (χ1v) is 28.8. The normalized spacial score (nSPS) is 25.8. The molecule has 0 spiro atoms. The average molecular weight is 1220 g/mol. The maximum Gasteiger partial charge on any atom is 0.514 e. The average Bonchev–Trinajstić information content (AvgIpc) is 0.672. The highest BCUT2D eigenvalue weighted by Gasteiger charge is 2.77. The molecule has 3 N–H and O–H groups in total. The minimum absolute atomic E-state index is 0.00334. The minimum Gasteiger partial charge on any atom is -0.458 e. The number of ether oxygens (including phenoxy) is 8. The SMILES string of the molecule is CC(=O)O[C@@]12CC[C@@H]1C[C@H](O)[C@@]1(C)C(=O)[C@H](OC(=O)OC[n+]3cccc(C(=O)N(C)C)c3)C3=C(C)[C@@H](OC(=O)[C@H](OC(=O)OC[n+]4cccc(C(=O)N(C)C)c4)[C@@H](NC(=O)OC(C)(C)C)c4ccccc4)C[C@@](O)([C@@H](OC(=O)c4ccccc4)[C@H]21)C3(C)C. The largest absolute Gasteiger partial charge is 0.514 e. The highest BCUT2D eigenvalue weighted by molar-refractivity contribution is 5.96. The lowest BCUT2D eigenvalue weighted by molar-refractivity contribution is -0.728. The second-order valence-corrected chi connectivity index (χ2v) is 24.9. The van der Waals surface area contributed by atoms with Gasteiger partial charge in [0.1, 0.15) is 46.2 Å². The molecular formula is C64H77N5O19+2. The number of esters is 3. The van der Waals surface area contributed by atoms with Crippen molar-refractivity contribution in [1.29, 1.82) is 0 Å². The fourth-order valence-corrected chi connectivity index (χ4v) is 12.8. The Morgan fingerprint density at radius 2 is 1.30 bits per heavy atom. The maximum atomic E-state index is 16.4. The summed E-state index contributed by atoms with van der Waals surface area (Å²) in [5, 5.41) is 29.6. The Morgan fingerprint density at radius 1 is 0.750 bits per heavy atom. The topological polar surface area (TPSA) is 294 Å². The summed E-state index contributed by atoms with van der Waals surface area (Å²) < 4.78 is 51.0. The molecule has 470 valence electrons. The van der Waals surface area contributed by atoms with E-state index in [1.807, 2.05) is 0 Å². The van der Waals surface area contributed by atoms with Gasteiger partial charge in [0.05, 0.1) is 23.0 Å². The number of pyridine rings is 2. The van der Waals surface area contributed by atoms with E-state index in [-0.39, 0.29) is 58.1 Å². The number of nitrogens with one attached hydrogen (secondary N) is 1. The number of carbonyl (C=O) groups is 9. The molecule has 3 fully saturated rings. The summed E-state index contributed by atoms with van der Waals surface area (Å²) in [6, 6.07) is 20.2. The molecule has 8 rings (SSSR count). The number of rotatable bonds is 16. The molecule has 2 aromatic carbocycles. The monoisotopic (exact) mass is 1220 g/mol. The van der Waals surface area contributed by atoms with E-state index < -0.39 is 138 Å². The first kappa shape index (κ1) is 65.2. The van der Waals surface area contributed by atoms with Gasteiger partial charge in [-0.2, -0.15) is 9.13 Å². The number of hydrogen-bond acceptors (Lipinski definition) is 19. The van der Waals surface area contributed by atoms with Crippen LogP contribution in [-0.2, 0) is 65.7 Å². The number of aliphatic hydroxyl groups excluding tert-OH is 1. The fourth-order valence-electron chi connectivity index (χ4n) is 12.8. The molecule has 0 saturated heterocycles. The lowest BCUT2D eigenvalue weighted by Gasteiger charge is -2.68. The van der Waals surface area contributed by atoms with Crippen LogP contribution in [0, 0.1) is 22.7 Å². The molecule has 4 aliphatic carbocycles. The molecule has 2 bridgehead atoms. The van der Waals surface area contributed by atoms with Crippen molar-refractivity contribution in [2.45, 2.75) is 148 Å². The van der Waals surface area contributed by atoms with Crippen LogP contribution < -0.4 is 14.5 Å². The molecule has 0 aliphatic heterocycles. The molecule has 88 heavy (non-hydrogen) atoms. The van der Waals surface area contributed by atoms with E-state index in [1.165, 1.54) is 95.7 Å². The number of amides is 3. The third-order valence-corrected chi connectivity index (χ3v) is 17.2. The quantitative estimate of drug-likeness (QED) is 0.0510. The third kappa shape index (κ3) is 13.1. The van der Waals surface area contributed by atoms with Crippen LogP contribution in [0.4, 0.5) is 14.4 Å². The Bertz CT molecular complexity index is 3380. The van der Waals surface area contributed by atoms with Gasteiger partial charge in [-0.1, -0.05) is 62.4 Å². The van der Waals surface area contributed by atoms with E-state index >= 15 is 9.59 Å². The van der Waals surface area contributed by atoms with Gasteiger partial charge in [0.25, 0.3) is 25.3 Å². The van der Waals surface area contributed by atoms with Crippen LogP contribution in [0.1, 0.15) is 124 Å². The molecule has 0 unspecified atom stereocenters. The summed E-state index contributed by atoms with van der Waals surface area (Å²) in [7, 11) is 6.25. The van der Waals surface area contributed by atoms with Gasteiger partial charge in [-0.15, -0.1) is 0 Å². The molecule has 11 atom stereocenters. The predicted octanol–water partition coefficient (Wildman–Crippen LogP) is 5.89. The zero-order valence-electron chi connectivity index (χ0n) is 51.4. The van der Waals surface area contributed by atoms with Crippen molar-refractivity contribution in [1.82, 2.24) is 15.1 Å². The number of ketones is 1. The van der Waals surface area contributed by atoms with Crippen LogP contribution in [0.2, 0.25) is 0 Å². The first-order valence-electron chi connectivity index (χ1n) is 28.8. The number of fused-ring (bicyclic) bond motifs is 5. The molecular weight excluding hydrogens is 1140 g/mol. The predicted molar refractivity (Wildman–Crippen MR) is 307 cm³/mol. The first-order chi connectivity index (χ1) is 41.3. The molecule has 3 amide bonds. The summed E-state index contributed by atoms with van der Waals surface area (Å²) in [4.78, 5) is 131. The van der Waals surface area contributed by atoms with Crippen molar-refractivity contribution in [3.05, 3.63) is 143 Å². The van der Waals surface area contributed by atoms with Crippen molar-refractivity contribution in [3.63, 3.8) is 0 Å². The zero-order chi connectivity index (χ0) is 64.4. The van der Waals surface area contributed by atoms with Crippen LogP contribution in [-0.4, -0.2) is 149 Å². The van der Waals surface area contributed by atoms with E-state index in [9.17, 15) is 43.8 Å². The van der Waals surface area contributed by atoms with E-state index in [1.54, 1.807) is 110 Å². The summed E-state index contributed by atoms with van der Waals surface area (Å²) in [6.45, 7) is 10.7. The molecule has 24 nitrogen and oxygen atoms in total. The van der Waals surface area contributed by atoms with Gasteiger partial charge in [0.2, 0.25) is 6.10 Å². The highest BCUT2D eigenvalue weighted by Crippen LogP contribution is 2.67. The molecule has 0 radical (unpaired) electrons. The lowest BCUT2D eigenvalue weighted by Crippen LogP contribution is -2.78. The van der Waals surface area contributed by atoms with E-state index in [0.717, 1.165) is 6.92 Å². The lowest BCUT2D eigenvalue weighted by atomic mass is 9.41. The van der Waals surface area contributed by atoms with Crippen molar-refractivity contribution in [3.8, 4) is 0 Å². The highest BCUT2D eigenvalue weighted by atomic mass is 16.7. The van der Waals surface area contributed by atoms with Crippen LogP contribution >= 0.6 is 0 Å². The standard InChI is InChI=1S/C64H76N5O19/c1-37-44(83-56(76)49(47(39-21-15-13-16-22-39)65-57(77)88-60(3,4)5)85-59(79)82-36-69-30-20-26-42(34-69)54(74)67(11)12)32-64(80)52(86-55(75)40-23-17-14-18-24-40)50-62(8,45(71)31-43-27-28-63(43,50)87-38(2)70)51(72)48(46(37)61(64,6)7)84-58(78)81-35-68-29-19-25-41(33-68)53(73)66(9)10/h13-26,29-30,33-34,43-45,47-50,52,71,80H,27-28,31-32,35-36H2,1-12H3/q+1/p+1/t43-,44+,45+,47+,48-,49-,50+,52+,62-,63+,64-/m1/s1. The number of nitrogens with zero attached hydrogens (tertiary/aromatic N) is 4. The van der Waals surface area contributed by atoms with Crippen molar-refractivity contribution >= 4 is 53.9 Å². The van der Waals surface area contributed by atoms with Crippen molar-refractivity contribution in [2.75, 3.05) is 28.2 Å². The smallest absolute Gasteiger partial charge is 0.458 e. The Hall–Kier alpha value is -8.77. The van der Waals surface area contributed by atoms with Gasteiger partial charge in [-0.3, -0.25) is 19.2 Å². The van der Waals surface area contributed by atoms with Crippen LogP contribution in [0.15, 0.2) is 121 Å². The van der Waals surface area contributed by atoms with E-state index in [4.69, 9.17) is 37.9 Å². The summed E-state index contributed by atoms with van der Waals surface area (Å²) in [5.74, 6) is -7.16. The molecule has 3 saturated carbocycles.